The van der Waals surface area contributed by atoms with Crippen LogP contribution >= 0.6 is 0 Å². The normalized spacial score (nSPS) is 20.9. The maximum Gasteiger partial charge on any atom is 0.202 e. The number of ether oxygens (including phenoxy) is 3. The van der Waals surface area contributed by atoms with Gasteiger partial charge < -0.3 is 50.0 Å². The number of methoxy groups -OCH3 is 1. The lowest BCUT2D eigenvalue weighted by molar-refractivity contribution is 0.0196. The van der Waals surface area contributed by atoms with Crippen molar-refractivity contribution in [3.8, 4) is 51.7 Å². The van der Waals surface area contributed by atoms with E-state index in [1.165, 1.54) is 49.6 Å². The van der Waals surface area contributed by atoms with Gasteiger partial charge in [-0.3, -0.25) is 9.59 Å². The third kappa shape index (κ3) is 4.35. The number of hydrogen-bond donors (Lipinski definition) is 7. The van der Waals surface area contributed by atoms with Gasteiger partial charge in [0, 0.05) is 18.2 Å². The molecular formula is C31H24O12. The molecule has 2 heterocycles. The Labute approximate surface area is 242 Å². The maximum absolute atomic E-state index is 14.2. The fraction of sp³-hybridized carbons (Fsp3) is 0.161. The van der Waals surface area contributed by atoms with Gasteiger partial charge in [0.05, 0.1) is 18.6 Å². The molecule has 43 heavy (non-hydrogen) atoms. The van der Waals surface area contributed by atoms with Crippen molar-refractivity contribution in [3.63, 3.8) is 0 Å². The Hall–Kier alpha value is -5.62. The van der Waals surface area contributed by atoms with Crippen molar-refractivity contribution >= 4 is 11.6 Å². The number of fused-ring (bicyclic) bond motifs is 2. The van der Waals surface area contributed by atoms with Crippen molar-refractivity contribution in [3.05, 3.63) is 88.5 Å². The first kappa shape index (κ1) is 27.5. The molecule has 0 aromatic heterocycles. The summed E-state index contributed by atoms with van der Waals surface area (Å²) in [7, 11) is 1.34. The van der Waals surface area contributed by atoms with Gasteiger partial charge in [-0.25, -0.2) is 0 Å². The summed E-state index contributed by atoms with van der Waals surface area (Å²) >= 11 is 0. The number of aromatic hydroxyl groups is 6. The summed E-state index contributed by atoms with van der Waals surface area (Å²) in [5.41, 5.74) is -0.662. The summed E-state index contributed by atoms with van der Waals surface area (Å²) in [5.74, 6) is -6.56. The molecule has 0 saturated carbocycles. The van der Waals surface area contributed by atoms with E-state index in [1.807, 2.05) is 0 Å². The molecule has 220 valence electrons. The van der Waals surface area contributed by atoms with E-state index in [4.69, 9.17) is 14.2 Å². The van der Waals surface area contributed by atoms with E-state index in [2.05, 4.69) is 0 Å². The molecule has 12 heteroatoms. The predicted octanol–water partition coefficient (Wildman–Crippen LogP) is 3.71. The lowest BCUT2D eigenvalue weighted by Gasteiger charge is -2.37. The summed E-state index contributed by atoms with van der Waals surface area (Å²) in [5, 5.41) is 73.6. The molecule has 2 aliphatic heterocycles. The molecule has 7 N–H and O–H groups in total. The van der Waals surface area contributed by atoms with Crippen molar-refractivity contribution in [1.29, 1.82) is 0 Å². The van der Waals surface area contributed by atoms with Crippen LogP contribution in [0.15, 0.2) is 60.7 Å². The van der Waals surface area contributed by atoms with Crippen LogP contribution in [0.4, 0.5) is 0 Å². The summed E-state index contributed by atoms with van der Waals surface area (Å²) in [4.78, 5) is 27.6. The van der Waals surface area contributed by atoms with Gasteiger partial charge in [-0.2, -0.15) is 0 Å². The number of carbonyl (C=O) groups is 2. The fourth-order valence-corrected chi connectivity index (χ4v) is 5.55. The Morgan fingerprint density at radius 3 is 2.00 bits per heavy atom. The number of benzene rings is 4. The predicted molar refractivity (Wildman–Crippen MR) is 146 cm³/mol. The van der Waals surface area contributed by atoms with Crippen LogP contribution in [0.2, 0.25) is 0 Å². The number of aliphatic hydroxyl groups excluding tert-OH is 1. The highest BCUT2D eigenvalue weighted by atomic mass is 16.5. The maximum atomic E-state index is 14.2. The number of phenols is 6. The number of Topliss-reactive ketones (excluding diaryl/α,β-unsaturated/α-hetero) is 2. The third-order valence-electron chi connectivity index (χ3n) is 7.54. The van der Waals surface area contributed by atoms with E-state index < -0.39 is 64.4 Å². The zero-order valence-corrected chi connectivity index (χ0v) is 22.3. The topological polar surface area (TPSA) is 203 Å². The van der Waals surface area contributed by atoms with Gasteiger partial charge in [-0.05, 0) is 35.4 Å². The molecule has 12 nitrogen and oxygen atoms in total. The zero-order chi connectivity index (χ0) is 30.7. The molecule has 4 aromatic rings. The Balaban J connectivity index is 1.58. The molecule has 0 aliphatic carbocycles. The lowest BCUT2D eigenvalue weighted by atomic mass is 9.78. The van der Waals surface area contributed by atoms with Gasteiger partial charge in [0.1, 0.15) is 57.5 Å². The number of carbonyl (C=O) groups excluding carboxylic acids is 2. The molecule has 0 bridgehead atoms. The summed E-state index contributed by atoms with van der Waals surface area (Å²) in [6.45, 7) is 0. The van der Waals surface area contributed by atoms with Crippen LogP contribution in [-0.4, -0.2) is 60.5 Å². The summed E-state index contributed by atoms with van der Waals surface area (Å²) in [6.07, 6.45) is -4.58. The zero-order valence-electron chi connectivity index (χ0n) is 22.3. The molecule has 2 aliphatic rings. The van der Waals surface area contributed by atoms with Crippen molar-refractivity contribution in [2.24, 2.45) is 0 Å². The largest absolute Gasteiger partial charge is 0.508 e. The Morgan fingerprint density at radius 2 is 1.33 bits per heavy atom. The summed E-state index contributed by atoms with van der Waals surface area (Å²) < 4.78 is 17.2. The molecule has 6 rings (SSSR count). The van der Waals surface area contributed by atoms with Crippen LogP contribution in [0.1, 0.15) is 55.5 Å². The molecule has 0 unspecified atom stereocenters. The average molecular weight is 589 g/mol. The molecule has 0 fully saturated rings. The molecule has 0 radical (unpaired) electrons. The van der Waals surface area contributed by atoms with Gasteiger partial charge in [0.15, 0.2) is 29.5 Å². The Kier molecular flexibility index (Phi) is 6.43. The van der Waals surface area contributed by atoms with Gasteiger partial charge in [-0.1, -0.05) is 18.2 Å². The van der Waals surface area contributed by atoms with Crippen LogP contribution in [0, 0.1) is 0 Å². The first-order valence-electron chi connectivity index (χ1n) is 12.9. The second-order valence-corrected chi connectivity index (χ2v) is 10.1. The quantitative estimate of drug-likeness (QED) is 0.182. The number of hydrogen-bond acceptors (Lipinski definition) is 12. The SMILES string of the molecule is COc1ccc([C@H]2Oc3c(c(O)cc(O)c3[C@@H]3C(=O)c4c(O)cc(O)cc4O[C@H]3c3ccc(O)cc3)C(=O)[C@@H]2O)cc1O. The smallest absolute Gasteiger partial charge is 0.202 e. The van der Waals surface area contributed by atoms with Crippen molar-refractivity contribution in [2.75, 3.05) is 7.11 Å². The highest BCUT2D eigenvalue weighted by Crippen LogP contribution is 2.55. The first-order chi connectivity index (χ1) is 20.5. The third-order valence-corrected chi connectivity index (χ3v) is 7.54. The lowest BCUT2D eigenvalue weighted by Crippen LogP contribution is -2.38. The van der Waals surface area contributed by atoms with E-state index in [-0.39, 0.29) is 45.4 Å². The van der Waals surface area contributed by atoms with Crippen molar-refractivity contribution < 1.29 is 59.5 Å². The number of aliphatic hydroxyl groups is 1. The second-order valence-electron chi connectivity index (χ2n) is 10.1. The van der Waals surface area contributed by atoms with E-state index in [0.717, 1.165) is 18.2 Å². The number of rotatable bonds is 4. The molecule has 4 atom stereocenters. The van der Waals surface area contributed by atoms with Crippen LogP contribution in [-0.2, 0) is 0 Å². The van der Waals surface area contributed by atoms with Gasteiger partial charge >= 0.3 is 0 Å². The standard InChI is InChI=1S/C31H24O12/c1-41-20-7-4-13(8-16(20)34)30-28(40)27(39)24-19(37)11-18(36)23(31(24)43-30)25-26(38)22-17(35)9-15(33)10-21(22)42-29(25)12-2-5-14(32)6-3-12/h2-11,25,28-30,32-37,40H,1H3/t25-,28+,29+,30-/m1/s1. The average Bonchev–Trinajstić information content (AvgIpc) is 2.95. The minimum Gasteiger partial charge on any atom is -0.508 e. The van der Waals surface area contributed by atoms with Gasteiger partial charge in [-0.15, -0.1) is 0 Å². The highest BCUT2D eigenvalue weighted by Gasteiger charge is 2.48. The number of ketones is 2. The molecule has 0 spiro atoms. The molecule has 4 aromatic carbocycles. The van der Waals surface area contributed by atoms with E-state index >= 15 is 0 Å². The van der Waals surface area contributed by atoms with E-state index in [0.29, 0.717) is 5.56 Å². The van der Waals surface area contributed by atoms with Crippen LogP contribution in [0.25, 0.3) is 0 Å². The first-order valence-corrected chi connectivity index (χ1v) is 12.9. The monoisotopic (exact) mass is 588 g/mol. The van der Waals surface area contributed by atoms with Crippen LogP contribution in [0.3, 0.4) is 0 Å². The molecule has 0 saturated heterocycles. The summed E-state index contributed by atoms with van der Waals surface area (Å²) in [6, 6.07) is 12.5. The highest BCUT2D eigenvalue weighted by molar-refractivity contribution is 6.10. The van der Waals surface area contributed by atoms with Crippen molar-refractivity contribution in [1.82, 2.24) is 0 Å². The molecule has 0 amide bonds. The van der Waals surface area contributed by atoms with Crippen molar-refractivity contribution in [2.45, 2.75) is 24.2 Å². The minimum atomic E-state index is -1.86. The van der Waals surface area contributed by atoms with Crippen LogP contribution < -0.4 is 14.2 Å². The number of phenolic OH excluding ortho intramolecular Hbond substituents is 6. The van der Waals surface area contributed by atoms with Crippen LogP contribution in [0.5, 0.6) is 51.7 Å². The van der Waals surface area contributed by atoms with Gasteiger partial charge in [0.25, 0.3) is 0 Å². The van der Waals surface area contributed by atoms with Gasteiger partial charge in [0.2, 0.25) is 5.78 Å². The minimum absolute atomic E-state index is 0.0866. The Morgan fingerprint density at radius 1 is 0.651 bits per heavy atom. The van der Waals surface area contributed by atoms with E-state index in [9.17, 15) is 45.3 Å². The van der Waals surface area contributed by atoms with E-state index in [1.54, 1.807) is 0 Å². The second kappa shape index (κ2) is 10.0. The Bertz CT molecular complexity index is 1800. The fourth-order valence-electron chi connectivity index (χ4n) is 5.55. The molecular weight excluding hydrogens is 564 g/mol.